The highest BCUT2D eigenvalue weighted by atomic mass is 16.5. The summed E-state index contributed by atoms with van der Waals surface area (Å²) in [5, 5.41) is 3.16. The van der Waals surface area contributed by atoms with Gasteiger partial charge < -0.3 is 10.1 Å². The number of hydrogen-bond acceptors (Lipinski definition) is 2. The van der Waals surface area contributed by atoms with E-state index in [-0.39, 0.29) is 0 Å². The maximum absolute atomic E-state index is 6.03. The van der Waals surface area contributed by atoms with Crippen LogP contribution in [-0.2, 0) is 17.9 Å². The van der Waals surface area contributed by atoms with Crippen LogP contribution in [0.4, 0.5) is 0 Å². The monoisotopic (exact) mass is 247 g/mol. The second-order valence-corrected chi connectivity index (χ2v) is 5.27. The Bertz CT molecular complexity index is 325. The molecule has 100 valence electrons. The molecule has 0 aliphatic heterocycles. The Kier molecular flexibility index (Phi) is 5.69. The van der Waals surface area contributed by atoms with E-state index in [9.17, 15) is 0 Å². The summed E-state index contributed by atoms with van der Waals surface area (Å²) in [4.78, 5) is 0. The van der Waals surface area contributed by atoms with Crippen molar-refractivity contribution in [2.45, 2.75) is 57.8 Å². The molecule has 1 fully saturated rings. The van der Waals surface area contributed by atoms with Crippen molar-refractivity contribution in [1.29, 1.82) is 0 Å². The van der Waals surface area contributed by atoms with E-state index in [1.165, 1.54) is 49.7 Å². The van der Waals surface area contributed by atoms with Gasteiger partial charge in [0, 0.05) is 6.54 Å². The van der Waals surface area contributed by atoms with Crippen molar-refractivity contribution in [1.82, 2.24) is 5.32 Å². The maximum atomic E-state index is 6.03. The Hall–Kier alpha value is -0.860. The molecule has 0 spiro atoms. The predicted molar refractivity (Wildman–Crippen MR) is 75.5 cm³/mol. The van der Waals surface area contributed by atoms with E-state index < -0.39 is 0 Å². The second-order valence-electron chi connectivity index (χ2n) is 5.27. The molecule has 0 saturated heterocycles. The summed E-state index contributed by atoms with van der Waals surface area (Å²) >= 11 is 0. The molecule has 1 saturated carbocycles. The van der Waals surface area contributed by atoms with Gasteiger partial charge in [-0.3, -0.25) is 0 Å². The third kappa shape index (κ3) is 4.43. The average Bonchev–Trinajstić information content (AvgIpc) is 2.67. The lowest BCUT2D eigenvalue weighted by atomic mass is 10.1. The molecular weight excluding hydrogens is 222 g/mol. The molecule has 1 aromatic rings. The van der Waals surface area contributed by atoms with Crippen molar-refractivity contribution in [3.05, 3.63) is 35.4 Å². The van der Waals surface area contributed by atoms with E-state index >= 15 is 0 Å². The normalized spacial score (nSPS) is 17.6. The van der Waals surface area contributed by atoms with E-state index in [0.29, 0.717) is 6.10 Å². The molecular formula is C16H25NO. The van der Waals surface area contributed by atoms with Crippen LogP contribution in [-0.4, -0.2) is 13.2 Å². The zero-order chi connectivity index (χ0) is 12.6. The van der Waals surface area contributed by atoms with Crippen LogP contribution in [0.3, 0.4) is 0 Å². The SMILES string of the molecule is CNCc1ccc(COC2CCCCCC2)cc1. The molecule has 0 aromatic heterocycles. The van der Waals surface area contributed by atoms with E-state index in [0.717, 1.165) is 13.2 Å². The van der Waals surface area contributed by atoms with Gasteiger partial charge in [-0.1, -0.05) is 49.9 Å². The molecule has 2 heteroatoms. The lowest BCUT2D eigenvalue weighted by molar-refractivity contribution is 0.0310. The highest BCUT2D eigenvalue weighted by molar-refractivity contribution is 5.21. The van der Waals surface area contributed by atoms with Crippen molar-refractivity contribution in [2.24, 2.45) is 0 Å². The lowest BCUT2D eigenvalue weighted by Gasteiger charge is -2.15. The Morgan fingerprint density at radius 1 is 1.00 bits per heavy atom. The highest BCUT2D eigenvalue weighted by Crippen LogP contribution is 2.20. The van der Waals surface area contributed by atoms with Crippen LogP contribution in [0.15, 0.2) is 24.3 Å². The van der Waals surface area contributed by atoms with Crippen LogP contribution in [0.2, 0.25) is 0 Å². The summed E-state index contributed by atoms with van der Waals surface area (Å²) in [5.41, 5.74) is 2.62. The summed E-state index contributed by atoms with van der Waals surface area (Å²) in [5.74, 6) is 0. The van der Waals surface area contributed by atoms with E-state index in [1.807, 2.05) is 7.05 Å². The zero-order valence-corrected chi connectivity index (χ0v) is 11.5. The first kappa shape index (κ1) is 13.6. The minimum Gasteiger partial charge on any atom is -0.374 e. The molecule has 0 heterocycles. The summed E-state index contributed by atoms with van der Waals surface area (Å²) in [6.07, 6.45) is 8.44. The third-order valence-corrected chi connectivity index (χ3v) is 3.69. The quantitative estimate of drug-likeness (QED) is 0.802. The van der Waals surface area contributed by atoms with E-state index in [1.54, 1.807) is 0 Å². The smallest absolute Gasteiger partial charge is 0.0720 e. The van der Waals surface area contributed by atoms with Crippen molar-refractivity contribution >= 4 is 0 Å². The van der Waals surface area contributed by atoms with Gasteiger partial charge in [-0.25, -0.2) is 0 Å². The molecule has 18 heavy (non-hydrogen) atoms. The summed E-state index contributed by atoms with van der Waals surface area (Å²) in [7, 11) is 1.98. The van der Waals surface area contributed by atoms with Gasteiger partial charge in [0.25, 0.3) is 0 Å². The van der Waals surface area contributed by atoms with Gasteiger partial charge in [-0.15, -0.1) is 0 Å². The predicted octanol–water partition coefficient (Wildman–Crippen LogP) is 3.65. The van der Waals surface area contributed by atoms with Crippen LogP contribution >= 0.6 is 0 Å². The van der Waals surface area contributed by atoms with Crippen molar-refractivity contribution in [3.8, 4) is 0 Å². The van der Waals surface area contributed by atoms with Crippen LogP contribution in [0.1, 0.15) is 49.7 Å². The number of rotatable bonds is 5. The Morgan fingerprint density at radius 3 is 2.22 bits per heavy atom. The lowest BCUT2D eigenvalue weighted by Crippen LogP contribution is -2.11. The number of hydrogen-bond donors (Lipinski definition) is 1. The fraction of sp³-hybridized carbons (Fsp3) is 0.625. The molecule has 0 amide bonds. The zero-order valence-electron chi connectivity index (χ0n) is 11.5. The van der Waals surface area contributed by atoms with Crippen LogP contribution in [0.25, 0.3) is 0 Å². The van der Waals surface area contributed by atoms with Gasteiger partial charge in [0.1, 0.15) is 0 Å². The molecule has 0 radical (unpaired) electrons. The van der Waals surface area contributed by atoms with Gasteiger partial charge >= 0.3 is 0 Å². The first-order valence-electron chi connectivity index (χ1n) is 7.22. The molecule has 0 unspecified atom stereocenters. The first-order chi connectivity index (χ1) is 8.88. The largest absolute Gasteiger partial charge is 0.374 e. The van der Waals surface area contributed by atoms with Gasteiger partial charge in [0.2, 0.25) is 0 Å². The second kappa shape index (κ2) is 7.55. The summed E-state index contributed by atoms with van der Waals surface area (Å²) < 4.78 is 6.03. The average molecular weight is 247 g/mol. The van der Waals surface area contributed by atoms with E-state index in [2.05, 4.69) is 29.6 Å². The minimum atomic E-state index is 0.490. The van der Waals surface area contributed by atoms with Crippen LogP contribution in [0, 0.1) is 0 Å². The van der Waals surface area contributed by atoms with Crippen molar-refractivity contribution < 1.29 is 4.74 Å². The Morgan fingerprint density at radius 2 is 1.61 bits per heavy atom. The van der Waals surface area contributed by atoms with Gasteiger partial charge in [0.05, 0.1) is 12.7 Å². The van der Waals surface area contributed by atoms with Gasteiger partial charge in [-0.2, -0.15) is 0 Å². The third-order valence-electron chi connectivity index (χ3n) is 3.69. The molecule has 2 rings (SSSR count). The molecule has 0 bridgehead atoms. The highest BCUT2D eigenvalue weighted by Gasteiger charge is 2.12. The van der Waals surface area contributed by atoms with Crippen LogP contribution in [0.5, 0.6) is 0 Å². The van der Waals surface area contributed by atoms with E-state index in [4.69, 9.17) is 4.74 Å². The summed E-state index contributed by atoms with van der Waals surface area (Å²) in [6.45, 7) is 1.70. The molecule has 1 N–H and O–H groups in total. The maximum Gasteiger partial charge on any atom is 0.0720 e. The fourth-order valence-electron chi connectivity index (χ4n) is 2.58. The number of benzene rings is 1. The van der Waals surface area contributed by atoms with Gasteiger partial charge in [-0.05, 0) is 31.0 Å². The van der Waals surface area contributed by atoms with Crippen LogP contribution < -0.4 is 5.32 Å². The standard InChI is InChI=1S/C16H25NO/c1-17-12-14-8-10-15(11-9-14)13-18-16-6-4-2-3-5-7-16/h8-11,16-17H,2-7,12-13H2,1H3. The number of nitrogens with one attached hydrogen (secondary N) is 1. The molecule has 1 aromatic carbocycles. The van der Waals surface area contributed by atoms with Crippen molar-refractivity contribution in [2.75, 3.05) is 7.05 Å². The Labute approximate surface area is 111 Å². The van der Waals surface area contributed by atoms with Gasteiger partial charge in [0.15, 0.2) is 0 Å². The summed E-state index contributed by atoms with van der Waals surface area (Å²) in [6, 6.07) is 8.73. The molecule has 1 aliphatic carbocycles. The molecule has 0 atom stereocenters. The first-order valence-corrected chi connectivity index (χ1v) is 7.22. The molecule has 2 nitrogen and oxygen atoms in total. The topological polar surface area (TPSA) is 21.3 Å². The van der Waals surface area contributed by atoms with Crippen molar-refractivity contribution in [3.63, 3.8) is 0 Å². The number of ether oxygens (including phenoxy) is 1. The molecule has 1 aliphatic rings. The Balaban J connectivity index is 1.78. The fourth-order valence-corrected chi connectivity index (χ4v) is 2.58. The minimum absolute atomic E-state index is 0.490.